The molecule has 0 radical (unpaired) electrons. The molecule has 0 bridgehead atoms. The van der Waals surface area contributed by atoms with E-state index in [1.807, 2.05) is 24.4 Å². The van der Waals surface area contributed by atoms with Crippen molar-refractivity contribution in [1.82, 2.24) is 4.98 Å². The minimum absolute atomic E-state index is 0.139. The lowest BCUT2D eigenvalue weighted by Crippen LogP contribution is -2.27. The van der Waals surface area contributed by atoms with Gasteiger partial charge in [-0.25, -0.2) is 0 Å². The zero-order valence-electron chi connectivity index (χ0n) is 10.9. The SMILES string of the molecule is N=C(N)C1=CC=c2ncc3c(c2C1)-c1ccccc1C=3. The first-order chi connectivity index (χ1) is 9.74. The molecule has 2 aliphatic carbocycles. The van der Waals surface area contributed by atoms with Gasteiger partial charge in [0.2, 0.25) is 0 Å². The van der Waals surface area contributed by atoms with Crippen LogP contribution in [0.15, 0.2) is 42.1 Å². The van der Waals surface area contributed by atoms with E-state index in [1.165, 1.54) is 22.3 Å². The summed E-state index contributed by atoms with van der Waals surface area (Å²) in [5.41, 5.74) is 11.4. The van der Waals surface area contributed by atoms with E-state index in [4.69, 9.17) is 11.1 Å². The van der Waals surface area contributed by atoms with Gasteiger partial charge in [-0.3, -0.25) is 10.4 Å². The molecule has 3 heteroatoms. The summed E-state index contributed by atoms with van der Waals surface area (Å²) in [4.78, 5) is 4.53. The van der Waals surface area contributed by atoms with E-state index in [1.54, 1.807) is 0 Å². The fourth-order valence-electron chi connectivity index (χ4n) is 2.97. The van der Waals surface area contributed by atoms with Gasteiger partial charge in [0.25, 0.3) is 0 Å². The van der Waals surface area contributed by atoms with E-state index in [9.17, 15) is 0 Å². The molecule has 3 N–H and O–H groups in total. The highest BCUT2D eigenvalue weighted by atomic mass is 14.7. The highest BCUT2D eigenvalue weighted by Crippen LogP contribution is 2.29. The summed E-state index contributed by atoms with van der Waals surface area (Å²) < 4.78 is 0. The molecule has 0 saturated heterocycles. The molecule has 1 aromatic heterocycles. The third-order valence-electron chi connectivity index (χ3n) is 3.94. The highest BCUT2D eigenvalue weighted by molar-refractivity contribution is 5.97. The molecule has 1 heterocycles. The van der Waals surface area contributed by atoms with E-state index in [-0.39, 0.29) is 5.84 Å². The number of fused-ring (bicyclic) bond motifs is 5. The number of hydrogen-bond acceptors (Lipinski definition) is 2. The number of allylic oxidation sites excluding steroid dienone is 1. The lowest BCUT2D eigenvalue weighted by molar-refractivity contribution is 1.09. The number of nitrogens with one attached hydrogen (secondary N) is 1. The Kier molecular flexibility index (Phi) is 2.18. The Morgan fingerprint density at radius 3 is 2.90 bits per heavy atom. The van der Waals surface area contributed by atoms with Crippen molar-refractivity contribution in [2.75, 3.05) is 0 Å². The predicted molar refractivity (Wildman–Crippen MR) is 80.7 cm³/mol. The Balaban J connectivity index is 2.02. The van der Waals surface area contributed by atoms with E-state index in [0.717, 1.165) is 16.1 Å². The van der Waals surface area contributed by atoms with Crippen LogP contribution in [0.25, 0.3) is 23.3 Å². The van der Waals surface area contributed by atoms with Crippen LogP contribution < -0.4 is 16.3 Å². The molecule has 1 aromatic carbocycles. The van der Waals surface area contributed by atoms with E-state index in [2.05, 4.69) is 29.3 Å². The average molecular weight is 259 g/mol. The second-order valence-electron chi connectivity index (χ2n) is 5.13. The Labute approximate surface area is 116 Å². The molecule has 3 nitrogen and oxygen atoms in total. The molecule has 0 fully saturated rings. The molecular formula is C17H13N3. The topological polar surface area (TPSA) is 62.8 Å². The molecule has 0 saturated carbocycles. The normalized spacial score (nSPS) is 14.3. The van der Waals surface area contributed by atoms with Crippen molar-refractivity contribution in [1.29, 1.82) is 5.41 Å². The number of amidine groups is 1. The van der Waals surface area contributed by atoms with Gasteiger partial charge < -0.3 is 5.73 Å². The molecule has 20 heavy (non-hydrogen) atoms. The summed E-state index contributed by atoms with van der Waals surface area (Å²) >= 11 is 0. The molecule has 2 aromatic rings. The zero-order chi connectivity index (χ0) is 13.7. The van der Waals surface area contributed by atoms with Crippen molar-refractivity contribution in [2.45, 2.75) is 6.42 Å². The van der Waals surface area contributed by atoms with Gasteiger partial charge in [0.05, 0.1) is 5.35 Å². The number of pyridine rings is 1. The summed E-state index contributed by atoms with van der Waals surface area (Å²) in [6.07, 6.45) is 8.63. The van der Waals surface area contributed by atoms with Crippen LogP contribution >= 0.6 is 0 Å². The number of rotatable bonds is 1. The average Bonchev–Trinajstić information content (AvgIpc) is 2.85. The minimum atomic E-state index is 0.139. The van der Waals surface area contributed by atoms with Crippen LogP contribution in [-0.2, 0) is 6.42 Å². The maximum absolute atomic E-state index is 7.63. The number of nitrogens with zero attached hydrogens (tertiary/aromatic N) is 1. The van der Waals surface area contributed by atoms with Crippen molar-refractivity contribution in [3.8, 4) is 11.1 Å². The zero-order valence-corrected chi connectivity index (χ0v) is 10.9. The van der Waals surface area contributed by atoms with Gasteiger partial charge in [-0.15, -0.1) is 0 Å². The van der Waals surface area contributed by atoms with Gasteiger partial charge in [-0.05, 0) is 40.0 Å². The highest BCUT2D eigenvalue weighted by Gasteiger charge is 2.19. The molecule has 0 spiro atoms. The van der Waals surface area contributed by atoms with Gasteiger partial charge in [0, 0.05) is 17.8 Å². The third-order valence-corrected chi connectivity index (χ3v) is 3.94. The van der Waals surface area contributed by atoms with Gasteiger partial charge in [0.1, 0.15) is 5.84 Å². The lowest BCUT2D eigenvalue weighted by Gasteiger charge is -2.14. The second-order valence-corrected chi connectivity index (χ2v) is 5.13. The molecule has 0 unspecified atom stereocenters. The predicted octanol–water partition coefficient (Wildman–Crippen LogP) is 1.09. The van der Waals surface area contributed by atoms with Crippen LogP contribution in [0.5, 0.6) is 0 Å². The van der Waals surface area contributed by atoms with Crippen molar-refractivity contribution in [3.63, 3.8) is 0 Å². The van der Waals surface area contributed by atoms with Gasteiger partial charge in [-0.1, -0.05) is 30.3 Å². The Morgan fingerprint density at radius 2 is 2.05 bits per heavy atom. The summed E-state index contributed by atoms with van der Waals surface area (Å²) in [5.74, 6) is 0.139. The van der Waals surface area contributed by atoms with Crippen LogP contribution in [0.2, 0.25) is 0 Å². The summed E-state index contributed by atoms with van der Waals surface area (Å²) in [6, 6.07) is 8.37. The fraction of sp³-hybridized carbons (Fsp3) is 0.0588. The van der Waals surface area contributed by atoms with Gasteiger partial charge in [-0.2, -0.15) is 0 Å². The first kappa shape index (κ1) is 11.2. The molecule has 4 rings (SSSR count). The smallest absolute Gasteiger partial charge is 0.118 e. The third kappa shape index (κ3) is 1.46. The Morgan fingerprint density at radius 1 is 1.20 bits per heavy atom. The quantitative estimate of drug-likeness (QED) is 0.507. The van der Waals surface area contributed by atoms with Crippen molar-refractivity contribution in [2.24, 2.45) is 5.73 Å². The Bertz CT molecular complexity index is 904. The maximum atomic E-state index is 7.63. The maximum Gasteiger partial charge on any atom is 0.118 e. The van der Waals surface area contributed by atoms with E-state index in [0.29, 0.717) is 6.42 Å². The number of aromatic nitrogens is 1. The molecular weight excluding hydrogens is 246 g/mol. The second kappa shape index (κ2) is 3.90. The first-order valence-corrected chi connectivity index (χ1v) is 6.58. The molecule has 0 amide bonds. The molecule has 0 aliphatic heterocycles. The van der Waals surface area contributed by atoms with Crippen LogP contribution in [-0.4, -0.2) is 10.8 Å². The monoisotopic (exact) mass is 259 g/mol. The summed E-state index contributed by atoms with van der Waals surface area (Å²) in [7, 11) is 0. The van der Waals surface area contributed by atoms with Crippen LogP contribution in [0, 0.1) is 5.41 Å². The molecule has 96 valence electrons. The van der Waals surface area contributed by atoms with Crippen molar-refractivity contribution in [3.05, 3.63) is 63.8 Å². The minimum Gasteiger partial charge on any atom is -0.384 e. The summed E-state index contributed by atoms with van der Waals surface area (Å²) in [6.45, 7) is 0. The number of nitrogens with two attached hydrogens (primary N) is 1. The van der Waals surface area contributed by atoms with Crippen LogP contribution in [0.3, 0.4) is 0 Å². The number of hydrogen-bond donors (Lipinski definition) is 2. The van der Waals surface area contributed by atoms with E-state index >= 15 is 0 Å². The van der Waals surface area contributed by atoms with E-state index < -0.39 is 0 Å². The van der Waals surface area contributed by atoms with Gasteiger partial charge >= 0.3 is 0 Å². The standard InChI is InChI=1S/C17H13N3/c18-17(19)11-5-6-15-14(8-11)16-12(9-20-15)7-10-3-1-2-4-13(10)16/h1-7,9H,8H2,(H3,18,19). The van der Waals surface area contributed by atoms with Crippen LogP contribution in [0.1, 0.15) is 11.1 Å². The van der Waals surface area contributed by atoms with Crippen molar-refractivity contribution < 1.29 is 0 Å². The number of benzene rings is 1. The molecule has 2 aliphatic rings. The largest absolute Gasteiger partial charge is 0.384 e. The van der Waals surface area contributed by atoms with Gasteiger partial charge in [0.15, 0.2) is 0 Å². The van der Waals surface area contributed by atoms with Crippen molar-refractivity contribution >= 4 is 18.0 Å². The first-order valence-electron chi connectivity index (χ1n) is 6.58. The molecule has 0 atom stereocenters. The van der Waals surface area contributed by atoms with Crippen LogP contribution in [0.4, 0.5) is 0 Å². The summed E-state index contributed by atoms with van der Waals surface area (Å²) in [5, 5.41) is 9.77. The fourth-order valence-corrected chi connectivity index (χ4v) is 2.97. The Hall–Kier alpha value is -2.68. The lowest BCUT2D eigenvalue weighted by atomic mass is 9.92.